The van der Waals surface area contributed by atoms with Crippen LogP contribution in [0.5, 0.6) is 11.5 Å². The highest BCUT2D eigenvalue weighted by molar-refractivity contribution is 6.32. The van der Waals surface area contributed by atoms with Gasteiger partial charge in [0, 0.05) is 5.56 Å². The summed E-state index contributed by atoms with van der Waals surface area (Å²) in [5, 5.41) is 9.81. The number of aromatic hydroxyl groups is 1. The maximum Gasteiger partial charge on any atom is 0.185 e. The normalized spacial score (nSPS) is 10.7. The maximum absolute atomic E-state index is 11.9. The van der Waals surface area contributed by atoms with Crippen LogP contribution in [0.1, 0.15) is 15.9 Å². The van der Waals surface area contributed by atoms with Gasteiger partial charge in [-0.05, 0) is 23.8 Å². The predicted octanol–water partition coefficient (Wildman–Crippen LogP) is 3.95. The number of carbonyl (C=O) groups is 1. The molecule has 0 unspecified atom stereocenters. The third kappa shape index (κ3) is 3.19. The van der Waals surface area contributed by atoms with E-state index in [1.807, 2.05) is 18.2 Å². The molecule has 1 N–H and O–H groups in total. The first-order valence-corrected chi connectivity index (χ1v) is 6.33. The van der Waals surface area contributed by atoms with Crippen LogP contribution in [0.2, 0.25) is 5.02 Å². The summed E-state index contributed by atoms with van der Waals surface area (Å²) < 4.78 is 5.00. The topological polar surface area (TPSA) is 46.5 Å². The van der Waals surface area contributed by atoms with E-state index in [1.165, 1.54) is 13.2 Å². The van der Waals surface area contributed by atoms with Gasteiger partial charge in [0.25, 0.3) is 0 Å². The minimum Gasteiger partial charge on any atom is -0.503 e. The molecule has 0 bridgehead atoms. The van der Waals surface area contributed by atoms with Gasteiger partial charge in [-0.15, -0.1) is 0 Å². The number of carbonyl (C=O) groups excluding carboxylic acids is 1. The van der Waals surface area contributed by atoms with Gasteiger partial charge in [-0.25, -0.2) is 0 Å². The SMILES string of the molecule is COc1cc(C=CC(=O)c2ccccc2)cc(Cl)c1O. The van der Waals surface area contributed by atoms with Gasteiger partial charge in [0.2, 0.25) is 0 Å². The molecule has 0 heterocycles. The standard InChI is InChI=1S/C16H13ClO3/c1-20-15-10-11(9-13(17)16(15)19)7-8-14(18)12-5-3-2-4-6-12/h2-10,19H,1H3. The smallest absolute Gasteiger partial charge is 0.185 e. The maximum atomic E-state index is 11.9. The molecule has 0 fully saturated rings. The number of allylic oxidation sites excluding steroid dienone is 1. The monoisotopic (exact) mass is 288 g/mol. The Morgan fingerprint density at radius 1 is 1.25 bits per heavy atom. The molecule has 0 saturated heterocycles. The summed E-state index contributed by atoms with van der Waals surface area (Å²) in [5.74, 6) is 0.0544. The van der Waals surface area contributed by atoms with Crippen molar-refractivity contribution in [2.75, 3.05) is 7.11 Å². The number of methoxy groups -OCH3 is 1. The largest absolute Gasteiger partial charge is 0.503 e. The van der Waals surface area contributed by atoms with Crippen LogP contribution in [0.3, 0.4) is 0 Å². The summed E-state index contributed by atoms with van der Waals surface area (Å²) in [4.78, 5) is 11.9. The van der Waals surface area contributed by atoms with Gasteiger partial charge in [-0.2, -0.15) is 0 Å². The molecule has 2 aromatic rings. The summed E-state index contributed by atoms with van der Waals surface area (Å²) in [6.45, 7) is 0. The number of benzene rings is 2. The second-order valence-corrected chi connectivity index (χ2v) is 4.52. The summed E-state index contributed by atoms with van der Waals surface area (Å²) >= 11 is 5.88. The van der Waals surface area contributed by atoms with E-state index in [0.717, 1.165) is 0 Å². The zero-order valence-electron chi connectivity index (χ0n) is 10.8. The summed E-state index contributed by atoms with van der Waals surface area (Å²) in [5.41, 5.74) is 1.29. The van der Waals surface area contributed by atoms with Gasteiger partial charge >= 0.3 is 0 Å². The van der Waals surface area contributed by atoms with Gasteiger partial charge in [0.05, 0.1) is 12.1 Å². The van der Waals surface area contributed by atoms with Crippen LogP contribution in [0.4, 0.5) is 0 Å². The van der Waals surface area contributed by atoms with Gasteiger partial charge in [-0.3, -0.25) is 4.79 Å². The first-order chi connectivity index (χ1) is 9.61. The third-order valence-electron chi connectivity index (χ3n) is 2.76. The molecular weight excluding hydrogens is 276 g/mol. The van der Waals surface area contributed by atoms with Crippen LogP contribution >= 0.6 is 11.6 Å². The van der Waals surface area contributed by atoms with Crippen LogP contribution in [0.15, 0.2) is 48.5 Å². The lowest BCUT2D eigenvalue weighted by atomic mass is 10.1. The molecule has 4 heteroatoms. The van der Waals surface area contributed by atoms with Crippen molar-refractivity contribution >= 4 is 23.5 Å². The predicted molar refractivity (Wildman–Crippen MR) is 79.5 cm³/mol. The number of phenols is 1. The van der Waals surface area contributed by atoms with E-state index in [0.29, 0.717) is 11.1 Å². The molecule has 0 radical (unpaired) electrons. The van der Waals surface area contributed by atoms with E-state index in [2.05, 4.69) is 0 Å². The Balaban J connectivity index is 2.24. The zero-order valence-corrected chi connectivity index (χ0v) is 11.6. The third-order valence-corrected chi connectivity index (χ3v) is 3.04. The van der Waals surface area contributed by atoms with Crippen LogP contribution in [0.25, 0.3) is 6.08 Å². The van der Waals surface area contributed by atoms with Crippen molar-refractivity contribution in [2.45, 2.75) is 0 Å². The fourth-order valence-electron chi connectivity index (χ4n) is 1.72. The molecule has 0 amide bonds. The Bertz CT molecular complexity index is 648. The highest BCUT2D eigenvalue weighted by atomic mass is 35.5. The van der Waals surface area contributed by atoms with Crippen molar-refractivity contribution in [2.24, 2.45) is 0 Å². The molecule has 0 aliphatic carbocycles. The fraction of sp³-hybridized carbons (Fsp3) is 0.0625. The minimum absolute atomic E-state index is 0.103. The van der Waals surface area contributed by atoms with Crippen molar-refractivity contribution in [3.8, 4) is 11.5 Å². The van der Waals surface area contributed by atoms with Gasteiger partial charge < -0.3 is 9.84 Å². The molecule has 2 rings (SSSR count). The molecule has 0 saturated carbocycles. The highest BCUT2D eigenvalue weighted by Gasteiger charge is 2.08. The fourth-order valence-corrected chi connectivity index (χ4v) is 1.94. The molecular formula is C16H13ClO3. The van der Waals surface area contributed by atoms with Crippen molar-refractivity contribution in [1.82, 2.24) is 0 Å². The second-order valence-electron chi connectivity index (χ2n) is 4.12. The van der Waals surface area contributed by atoms with E-state index in [1.54, 1.807) is 30.3 Å². The molecule has 3 nitrogen and oxygen atoms in total. The van der Waals surface area contributed by atoms with E-state index < -0.39 is 0 Å². The molecule has 0 atom stereocenters. The zero-order chi connectivity index (χ0) is 14.5. The summed E-state index contributed by atoms with van der Waals surface area (Å²) in [6, 6.07) is 12.1. The van der Waals surface area contributed by atoms with Crippen molar-refractivity contribution in [3.05, 3.63) is 64.7 Å². The summed E-state index contributed by atoms with van der Waals surface area (Å²) in [7, 11) is 1.44. The lowest BCUT2D eigenvalue weighted by Crippen LogP contribution is -1.93. The Morgan fingerprint density at radius 2 is 1.95 bits per heavy atom. The average molecular weight is 289 g/mol. The Kier molecular flexibility index (Phi) is 4.43. The van der Waals surface area contributed by atoms with Crippen molar-refractivity contribution in [1.29, 1.82) is 0 Å². The minimum atomic E-state index is -0.110. The first-order valence-electron chi connectivity index (χ1n) is 5.96. The van der Waals surface area contributed by atoms with Gasteiger partial charge in [0.1, 0.15) is 0 Å². The molecule has 0 aromatic heterocycles. The first kappa shape index (κ1) is 14.2. The summed E-state index contributed by atoms with van der Waals surface area (Å²) in [6.07, 6.45) is 3.08. The number of phenolic OH excluding ortho intramolecular Hbond substituents is 1. The Morgan fingerprint density at radius 3 is 2.60 bits per heavy atom. The highest BCUT2D eigenvalue weighted by Crippen LogP contribution is 2.35. The lowest BCUT2D eigenvalue weighted by molar-refractivity contribution is 0.104. The van der Waals surface area contributed by atoms with E-state index in [4.69, 9.17) is 16.3 Å². The lowest BCUT2D eigenvalue weighted by Gasteiger charge is -2.06. The molecule has 0 aliphatic heterocycles. The number of halogens is 1. The number of rotatable bonds is 4. The molecule has 2 aromatic carbocycles. The Hall–Kier alpha value is -2.26. The van der Waals surface area contributed by atoms with E-state index >= 15 is 0 Å². The number of hydrogen-bond donors (Lipinski definition) is 1. The number of hydrogen-bond acceptors (Lipinski definition) is 3. The molecule has 102 valence electrons. The van der Waals surface area contributed by atoms with Crippen molar-refractivity contribution < 1.29 is 14.6 Å². The van der Waals surface area contributed by atoms with Crippen LogP contribution < -0.4 is 4.74 Å². The van der Waals surface area contributed by atoms with Crippen LogP contribution in [0, 0.1) is 0 Å². The number of ketones is 1. The van der Waals surface area contributed by atoms with E-state index in [-0.39, 0.29) is 22.3 Å². The van der Waals surface area contributed by atoms with Crippen LogP contribution in [-0.2, 0) is 0 Å². The average Bonchev–Trinajstić information content (AvgIpc) is 2.48. The molecule has 0 aliphatic rings. The quantitative estimate of drug-likeness (QED) is 0.684. The molecule has 0 spiro atoms. The Labute approximate surface area is 122 Å². The van der Waals surface area contributed by atoms with Gasteiger partial charge in [-0.1, -0.05) is 48.0 Å². The van der Waals surface area contributed by atoms with Crippen molar-refractivity contribution in [3.63, 3.8) is 0 Å². The second kappa shape index (κ2) is 6.26. The van der Waals surface area contributed by atoms with Crippen LogP contribution in [-0.4, -0.2) is 18.0 Å². The molecule has 20 heavy (non-hydrogen) atoms. The van der Waals surface area contributed by atoms with Gasteiger partial charge in [0.15, 0.2) is 17.3 Å². The number of ether oxygens (including phenoxy) is 1. The van der Waals surface area contributed by atoms with E-state index in [9.17, 15) is 9.90 Å².